The fraction of sp³-hybridized carbons (Fsp3) is 0.636. The summed E-state index contributed by atoms with van der Waals surface area (Å²) in [5, 5.41) is 6.04. The first-order valence-electron chi connectivity index (χ1n) is 10.4. The lowest BCUT2D eigenvalue weighted by molar-refractivity contribution is 0.0685. The molecule has 2 amide bonds. The Labute approximate surface area is 161 Å². The van der Waals surface area contributed by atoms with Gasteiger partial charge in [0.15, 0.2) is 5.58 Å². The highest BCUT2D eigenvalue weighted by Gasteiger charge is 2.41. The van der Waals surface area contributed by atoms with Crippen molar-refractivity contribution in [1.29, 1.82) is 0 Å². The summed E-state index contributed by atoms with van der Waals surface area (Å²) in [4.78, 5) is 17.0. The van der Waals surface area contributed by atoms with Crippen LogP contribution in [0, 0.1) is 37.5 Å². The van der Waals surface area contributed by atoms with Crippen molar-refractivity contribution < 1.29 is 9.21 Å². The molecule has 146 valence electrons. The SMILES string of the molecule is CCC1CC2CC(C)C(NC(=O)Nc3nc4cc(C)c(C)cc4o3)C(C1)C2. The summed E-state index contributed by atoms with van der Waals surface area (Å²) in [6.07, 6.45) is 6.34. The van der Waals surface area contributed by atoms with E-state index in [-0.39, 0.29) is 18.1 Å². The van der Waals surface area contributed by atoms with Crippen LogP contribution in [0.2, 0.25) is 0 Å². The summed E-state index contributed by atoms with van der Waals surface area (Å²) in [7, 11) is 0. The van der Waals surface area contributed by atoms with Crippen LogP contribution in [-0.2, 0) is 0 Å². The minimum atomic E-state index is -0.205. The molecular formula is C22H31N3O2. The fourth-order valence-electron chi connectivity index (χ4n) is 5.35. The summed E-state index contributed by atoms with van der Waals surface area (Å²) < 4.78 is 5.72. The number of urea groups is 1. The van der Waals surface area contributed by atoms with Crippen molar-refractivity contribution in [3.63, 3.8) is 0 Å². The number of carbonyl (C=O) groups is 1. The maximum Gasteiger partial charge on any atom is 0.323 e. The van der Waals surface area contributed by atoms with Gasteiger partial charge in [0.2, 0.25) is 0 Å². The molecule has 1 aromatic heterocycles. The van der Waals surface area contributed by atoms with E-state index in [2.05, 4.69) is 36.4 Å². The summed E-state index contributed by atoms with van der Waals surface area (Å²) in [5.41, 5.74) is 3.81. The number of carbonyl (C=O) groups excluding carboxylic acids is 1. The van der Waals surface area contributed by atoms with Crippen LogP contribution in [0.25, 0.3) is 11.1 Å². The Bertz CT molecular complexity index is 802. The highest BCUT2D eigenvalue weighted by atomic mass is 16.4. The first-order valence-corrected chi connectivity index (χ1v) is 10.4. The Hall–Kier alpha value is -2.04. The molecule has 5 unspecified atom stereocenters. The second-order valence-corrected chi connectivity index (χ2v) is 8.87. The predicted octanol–water partition coefficient (Wildman–Crippen LogP) is 5.42. The number of nitrogens with zero attached hydrogens (tertiary/aromatic N) is 1. The van der Waals surface area contributed by atoms with Crippen LogP contribution in [0.4, 0.5) is 10.8 Å². The molecule has 2 aliphatic rings. The van der Waals surface area contributed by atoms with Crippen LogP contribution in [0.15, 0.2) is 16.5 Å². The first kappa shape index (κ1) is 18.3. The van der Waals surface area contributed by atoms with Crippen LogP contribution >= 0.6 is 0 Å². The van der Waals surface area contributed by atoms with Crippen molar-refractivity contribution in [2.75, 3.05) is 5.32 Å². The zero-order chi connectivity index (χ0) is 19.1. The summed E-state index contributed by atoms with van der Waals surface area (Å²) in [6, 6.07) is 4.27. The topological polar surface area (TPSA) is 67.2 Å². The highest BCUT2D eigenvalue weighted by molar-refractivity contribution is 5.89. The lowest BCUT2D eigenvalue weighted by Crippen LogP contribution is -2.51. The molecule has 0 radical (unpaired) electrons. The van der Waals surface area contributed by atoms with Crippen molar-refractivity contribution in [3.8, 4) is 0 Å². The number of aryl methyl sites for hydroxylation is 2. The lowest BCUT2D eigenvalue weighted by atomic mass is 9.62. The number of hydrogen-bond donors (Lipinski definition) is 2. The molecule has 2 saturated carbocycles. The van der Waals surface area contributed by atoms with Crippen LogP contribution in [0.3, 0.4) is 0 Å². The third-order valence-electron chi connectivity index (χ3n) is 6.86. The monoisotopic (exact) mass is 369 g/mol. The zero-order valence-electron chi connectivity index (χ0n) is 16.8. The molecule has 2 fully saturated rings. The van der Waals surface area contributed by atoms with Crippen molar-refractivity contribution in [3.05, 3.63) is 23.3 Å². The van der Waals surface area contributed by atoms with Gasteiger partial charge in [-0.05, 0) is 86.5 Å². The van der Waals surface area contributed by atoms with E-state index in [4.69, 9.17) is 4.42 Å². The van der Waals surface area contributed by atoms with E-state index in [0.29, 0.717) is 17.4 Å². The summed E-state index contributed by atoms with van der Waals surface area (Å²) in [5.74, 6) is 2.77. The standard InChI is InChI=1S/C22H31N3O2/c1-5-15-9-16-6-14(4)20(17(10-15)11-16)24-21(26)25-22-23-18-7-12(2)13(3)8-19(18)27-22/h7-8,14-17,20H,5-6,9-11H2,1-4H3,(H2,23,24,25,26). The van der Waals surface area contributed by atoms with Crippen LogP contribution in [0.1, 0.15) is 57.1 Å². The Balaban J connectivity index is 1.44. The number of hydrogen-bond acceptors (Lipinski definition) is 3. The number of anilines is 1. The molecule has 27 heavy (non-hydrogen) atoms. The number of benzene rings is 1. The maximum absolute atomic E-state index is 12.6. The number of rotatable bonds is 3. The van der Waals surface area contributed by atoms with Crippen LogP contribution in [0.5, 0.6) is 0 Å². The average molecular weight is 370 g/mol. The van der Waals surface area contributed by atoms with Crippen molar-refractivity contribution in [1.82, 2.24) is 10.3 Å². The second kappa shape index (κ2) is 7.17. The van der Waals surface area contributed by atoms with Crippen LogP contribution < -0.4 is 10.6 Å². The molecule has 1 heterocycles. The molecule has 2 aliphatic carbocycles. The van der Waals surface area contributed by atoms with E-state index in [9.17, 15) is 4.79 Å². The van der Waals surface area contributed by atoms with Crippen molar-refractivity contribution in [2.24, 2.45) is 23.7 Å². The van der Waals surface area contributed by atoms with Gasteiger partial charge in [0, 0.05) is 6.04 Å². The number of fused-ring (bicyclic) bond motifs is 3. The zero-order valence-corrected chi connectivity index (χ0v) is 16.8. The minimum Gasteiger partial charge on any atom is -0.423 e. The van der Waals surface area contributed by atoms with Gasteiger partial charge in [0.25, 0.3) is 0 Å². The first-order chi connectivity index (χ1) is 12.9. The number of oxazole rings is 1. The van der Waals surface area contributed by atoms with Crippen molar-refractivity contribution in [2.45, 2.75) is 65.8 Å². The Morgan fingerprint density at radius 2 is 1.96 bits per heavy atom. The molecule has 1 aromatic carbocycles. The largest absolute Gasteiger partial charge is 0.423 e. The van der Waals surface area contributed by atoms with E-state index >= 15 is 0 Å². The quantitative estimate of drug-likeness (QED) is 0.759. The van der Waals surface area contributed by atoms with Gasteiger partial charge < -0.3 is 9.73 Å². The average Bonchev–Trinajstić information content (AvgIpc) is 2.99. The van der Waals surface area contributed by atoms with E-state index in [1.54, 1.807) is 0 Å². The van der Waals surface area contributed by atoms with Gasteiger partial charge in [-0.25, -0.2) is 4.79 Å². The molecule has 2 aromatic rings. The lowest BCUT2D eigenvalue weighted by Gasteiger charge is -2.47. The number of aromatic nitrogens is 1. The molecule has 2 bridgehead atoms. The second-order valence-electron chi connectivity index (χ2n) is 8.87. The van der Waals surface area contributed by atoms with E-state index < -0.39 is 0 Å². The maximum atomic E-state index is 12.6. The fourth-order valence-corrected chi connectivity index (χ4v) is 5.35. The molecule has 0 spiro atoms. The molecule has 5 nitrogen and oxygen atoms in total. The van der Waals surface area contributed by atoms with E-state index in [0.717, 1.165) is 22.9 Å². The van der Waals surface area contributed by atoms with Gasteiger partial charge in [-0.3, -0.25) is 5.32 Å². The van der Waals surface area contributed by atoms with Gasteiger partial charge in [-0.1, -0.05) is 20.3 Å². The van der Waals surface area contributed by atoms with Gasteiger partial charge in [-0.15, -0.1) is 0 Å². The Morgan fingerprint density at radius 1 is 1.19 bits per heavy atom. The number of amides is 2. The molecular weight excluding hydrogens is 338 g/mol. The third-order valence-corrected chi connectivity index (χ3v) is 6.86. The Morgan fingerprint density at radius 3 is 2.74 bits per heavy atom. The smallest absolute Gasteiger partial charge is 0.323 e. The molecule has 5 atom stereocenters. The third kappa shape index (κ3) is 3.69. The van der Waals surface area contributed by atoms with Gasteiger partial charge in [0.1, 0.15) is 5.52 Å². The van der Waals surface area contributed by atoms with Gasteiger partial charge >= 0.3 is 12.0 Å². The molecule has 5 heteroatoms. The van der Waals surface area contributed by atoms with Crippen LogP contribution in [-0.4, -0.2) is 17.1 Å². The molecule has 2 N–H and O–H groups in total. The Kier molecular flexibility index (Phi) is 4.87. The van der Waals surface area contributed by atoms with E-state index in [1.807, 2.05) is 19.1 Å². The van der Waals surface area contributed by atoms with Crippen molar-refractivity contribution >= 4 is 23.1 Å². The predicted molar refractivity (Wildman–Crippen MR) is 108 cm³/mol. The normalized spacial score (nSPS) is 30.3. The van der Waals surface area contributed by atoms with Gasteiger partial charge in [0.05, 0.1) is 0 Å². The van der Waals surface area contributed by atoms with Gasteiger partial charge in [-0.2, -0.15) is 4.98 Å². The summed E-state index contributed by atoms with van der Waals surface area (Å²) in [6.45, 7) is 8.67. The molecule has 0 aliphatic heterocycles. The minimum absolute atomic E-state index is 0.205. The molecule has 4 rings (SSSR count). The number of nitrogens with one attached hydrogen (secondary N) is 2. The van der Waals surface area contributed by atoms with E-state index in [1.165, 1.54) is 37.7 Å². The highest BCUT2D eigenvalue weighted by Crippen LogP contribution is 2.45. The molecule has 0 saturated heterocycles. The summed E-state index contributed by atoms with van der Waals surface area (Å²) >= 11 is 0.